The summed E-state index contributed by atoms with van der Waals surface area (Å²) in [7, 11) is 0. The van der Waals surface area contributed by atoms with Crippen LogP contribution in [-0.4, -0.2) is 46.5 Å². The van der Waals surface area contributed by atoms with Crippen molar-refractivity contribution in [3.63, 3.8) is 0 Å². The van der Waals surface area contributed by atoms with Gasteiger partial charge in [0.25, 0.3) is 0 Å². The van der Waals surface area contributed by atoms with Crippen LogP contribution < -0.4 is 4.90 Å². The van der Waals surface area contributed by atoms with Crippen LogP contribution in [-0.2, 0) is 11.3 Å². The first kappa shape index (κ1) is 17.1. The highest BCUT2D eigenvalue weighted by Crippen LogP contribution is 2.25. The molecule has 1 saturated heterocycles. The quantitative estimate of drug-likeness (QED) is 0.657. The Balaban J connectivity index is 1.34. The van der Waals surface area contributed by atoms with Gasteiger partial charge < -0.3 is 14.4 Å². The molecule has 0 spiro atoms. The molecule has 1 aliphatic rings. The van der Waals surface area contributed by atoms with Gasteiger partial charge in [-0.2, -0.15) is 0 Å². The number of aryl methyl sites for hydroxylation is 1. The number of benzene rings is 1. The second-order valence-corrected chi connectivity index (χ2v) is 7.34. The summed E-state index contributed by atoms with van der Waals surface area (Å²) in [4.78, 5) is 21.2. The van der Waals surface area contributed by atoms with Crippen molar-refractivity contribution in [3.05, 3.63) is 59.3 Å². The molecule has 0 N–H and O–H groups in total. The fourth-order valence-corrected chi connectivity index (χ4v) is 3.97. The van der Waals surface area contributed by atoms with E-state index in [1.807, 2.05) is 41.4 Å². The van der Waals surface area contributed by atoms with E-state index in [9.17, 15) is 4.79 Å². The minimum absolute atomic E-state index is 0.225. The Labute approximate surface area is 161 Å². The number of halogens is 1. The topological polar surface area (TPSA) is 41.4 Å². The molecule has 134 valence electrons. The number of anilines is 1. The Morgan fingerprint density at radius 1 is 1.04 bits per heavy atom. The van der Waals surface area contributed by atoms with Gasteiger partial charge in [-0.05, 0) is 30.3 Å². The van der Waals surface area contributed by atoms with Gasteiger partial charge >= 0.3 is 0 Å². The second kappa shape index (κ2) is 7.50. The summed E-state index contributed by atoms with van der Waals surface area (Å²) < 4.78 is 3.24. The van der Waals surface area contributed by atoms with Gasteiger partial charge in [0.1, 0.15) is 5.82 Å². The maximum Gasteiger partial charge on any atom is 0.224 e. The first-order chi connectivity index (χ1) is 12.7. The molecular formula is C20H21BrN4O. The molecular weight excluding hydrogens is 392 g/mol. The first-order valence-corrected chi connectivity index (χ1v) is 9.69. The lowest BCUT2D eigenvalue weighted by Gasteiger charge is -2.35. The van der Waals surface area contributed by atoms with Crippen LogP contribution in [0.25, 0.3) is 10.9 Å². The van der Waals surface area contributed by atoms with E-state index < -0.39 is 0 Å². The number of carbonyl (C=O) groups is 1. The molecule has 6 heteroatoms. The summed E-state index contributed by atoms with van der Waals surface area (Å²) >= 11 is 3.58. The number of nitrogens with zero attached hydrogens (tertiary/aromatic N) is 4. The number of hydrogen-bond acceptors (Lipinski definition) is 3. The van der Waals surface area contributed by atoms with Crippen LogP contribution in [0.3, 0.4) is 0 Å². The van der Waals surface area contributed by atoms with Crippen LogP contribution in [0.2, 0.25) is 0 Å². The summed E-state index contributed by atoms with van der Waals surface area (Å²) in [6.07, 6.45) is 4.40. The molecule has 1 fully saturated rings. The smallest absolute Gasteiger partial charge is 0.224 e. The predicted molar refractivity (Wildman–Crippen MR) is 107 cm³/mol. The third kappa shape index (κ3) is 3.46. The zero-order chi connectivity index (χ0) is 17.9. The van der Waals surface area contributed by atoms with Crippen molar-refractivity contribution in [1.82, 2.24) is 14.5 Å². The number of carbonyl (C=O) groups excluding carboxylic acids is 1. The Kier molecular flexibility index (Phi) is 4.93. The SMILES string of the molecule is O=C(CCn1ccc2c(Br)cccc21)N1CCN(c2ccccn2)CC1. The molecule has 1 aliphatic heterocycles. The van der Waals surface area contributed by atoms with E-state index in [-0.39, 0.29) is 5.91 Å². The highest BCUT2D eigenvalue weighted by molar-refractivity contribution is 9.10. The van der Waals surface area contributed by atoms with Crippen molar-refractivity contribution in [2.75, 3.05) is 31.1 Å². The zero-order valence-electron chi connectivity index (χ0n) is 14.5. The van der Waals surface area contributed by atoms with Crippen molar-refractivity contribution in [1.29, 1.82) is 0 Å². The summed E-state index contributed by atoms with van der Waals surface area (Å²) in [6, 6.07) is 14.2. The Hall–Kier alpha value is -2.34. The molecule has 3 aromatic rings. The van der Waals surface area contributed by atoms with Crippen LogP contribution in [0.15, 0.2) is 59.3 Å². The third-order valence-corrected chi connectivity index (χ3v) is 5.62. The number of pyridine rings is 1. The van der Waals surface area contributed by atoms with Crippen molar-refractivity contribution in [2.45, 2.75) is 13.0 Å². The minimum Gasteiger partial charge on any atom is -0.353 e. The molecule has 0 aliphatic carbocycles. The highest BCUT2D eigenvalue weighted by atomic mass is 79.9. The van der Waals surface area contributed by atoms with Crippen LogP contribution >= 0.6 is 15.9 Å². The molecule has 0 radical (unpaired) electrons. The van der Waals surface area contributed by atoms with E-state index in [1.165, 1.54) is 5.39 Å². The number of aromatic nitrogens is 2. The van der Waals surface area contributed by atoms with Crippen LogP contribution in [0.4, 0.5) is 5.82 Å². The molecule has 26 heavy (non-hydrogen) atoms. The summed E-state index contributed by atoms with van der Waals surface area (Å²) in [5.41, 5.74) is 1.16. The van der Waals surface area contributed by atoms with E-state index in [4.69, 9.17) is 0 Å². The van der Waals surface area contributed by atoms with Gasteiger partial charge in [-0.3, -0.25) is 4.79 Å². The first-order valence-electron chi connectivity index (χ1n) is 8.89. The van der Waals surface area contributed by atoms with Gasteiger partial charge in [0.2, 0.25) is 5.91 Å². The number of rotatable bonds is 4. The molecule has 1 amide bonds. The van der Waals surface area contributed by atoms with E-state index in [0.717, 1.165) is 42.0 Å². The largest absolute Gasteiger partial charge is 0.353 e. The molecule has 0 bridgehead atoms. The van der Waals surface area contributed by atoms with Crippen molar-refractivity contribution < 1.29 is 4.79 Å². The molecule has 0 unspecified atom stereocenters. The van der Waals surface area contributed by atoms with Gasteiger partial charge in [-0.1, -0.05) is 28.1 Å². The van der Waals surface area contributed by atoms with E-state index in [1.54, 1.807) is 0 Å². The Morgan fingerprint density at radius 2 is 1.88 bits per heavy atom. The van der Waals surface area contributed by atoms with Gasteiger partial charge in [0.15, 0.2) is 0 Å². The molecule has 3 heterocycles. The van der Waals surface area contributed by atoms with E-state index in [0.29, 0.717) is 13.0 Å². The van der Waals surface area contributed by atoms with Gasteiger partial charge in [-0.25, -0.2) is 4.98 Å². The van der Waals surface area contributed by atoms with E-state index >= 15 is 0 Å². The second-order valence-electron chi connectivity index (χ2n) is 6.49. The number of hydrogen-bond donors (Lipinski definition) is 0. The van der Waals surface area contributed by atoms with Crippen LogP contribution in [0, 0.1) is 0 Å². The molecule has 0 atom stereocenters. The average Bonchev–Trinajstić information content (AvgIpc) is 3.11. The highest BCUT2D eigenvalue weighted by Gasteiger charge is 2.21. The maximum absolute atomic E-state index is 12.6. The van der Waals surface area contributed by atoms with Gasteiger partial charge in [-0.15, -0.1) is 0 Å². The number of fused-ring (bicyclic) bond motifs is 1. The zero-order valence-corrected chi connectivity index (χ0v) is 16.1. The van der Waals surface area contributed by atoms with Gasteiger partial charge in [0, 0.05) is 66.9 Å². The van der Waals surface area contributed by atoms with Crippen molar-refractivity contribution in [3.8, 4) is 0 Å². The molecule has 0 saturated carbocycles. The van der Waals surface area contributed by atoms with E-state index in [2.05, 4.69) is 48.7 Å². The molecule has 4 rings (SSSR count). The maximum atomic E-state index is 12.6. The number of piperazine rings is 1. The Morgan fingerprint density at radius 3 is 2.65 bits per heavy atom. The lowest BCUT2D eigenvalue weighted by molar-refractivity contribution is -0.131. The third-order valence-electron chi connectivity index (χ3n) is 4.93. The predicted octanol–water partition coefficient (Wildman–Crippen LogP) is 3.54. The average molecular weight is 413 g/mol. The lowest BCUT2D eigenvalue weighted by Crippen LogP contribution is -2.49. The summed E-state index contributed by atoms with van der Waals surface area (Å²) in [6.45, 7) is 3.89. The normalized spacial score (nSPS) is 14.8. The molecule has 1 aromatic carbocycles. The monoisotopic (exact) mass is 412 g/mol. The minimum atomic E-state index is 0.225. The van der Waals surface area contributed by atoms with Crippen molar-refractivity contribution >= 4 is 38.6 Å². The number of amides is 1. The van der Waals surface area contributed by atoms with Crippen LogP contribution in [0.5, 0.6) is 0 Å². The summed E-state index contributed by atoms with van der Waals surface area (Å²) in [5, 5.41) is 1.18. The fraction of sp³-hybridized carbons (Fsp3) is 0.300. The molecule has 5 nitrogen and oxygen atoms in total. The Bertz CT molecular complexity index is 901. The fourth-order valence-electron chi connectivity index (χ4n) is 3.48. The van der Waals surface area contributed by atoms with Crippen LogP contribution in [0.1, 0.15) is 6.42 Å². The summed E-state index contributed by atoms with van der Waals surface area (Å²) in [5.74, 6) is 1.21. The standard InChI is InChI=1S/C20H21BrN4O/c21-17-4-3-5-18-16(17)7-10-23(18)11-8-20(26)25-14-12-24(13-15-25)19-6-1-2-9-22-19/h1-7,9-10H,8,11-15H2. The van der Waals surface area contributed by atoms with Gasteiger partial charge in [0.05, 0.1) is 0 Å². The lowest BCUT2D eigenvalue weighted by atomic mass is 10.2. The van der Waals surface area contributed by atoms with Crippen molar-refractivity contribution in [2.24, 2.45) is 0 Å². The molecule has 2 aromatic heterocycles.